The molecule has 0 spiro atoms. The number of hydrogen-bond acceptors (Lipinski definition) is 0. The van der Waals surface area contributed by atoms with Crippen molar-refractivity contribution in [3.8, 4) is 0 Å². The average molecular weight is 226 g/mol. The summed E-state index contributed by atoms with van der Waals surface area (Å²) < 4.78 is 0. The largest absolute Gasteiger partial charge is 0.0870 e. The van der Waals surface area contributed by atoms with E-state index in [2.05, 4.69) is 57.2 Å². The number of allylic oxidation sites excluding steroid dienone is 4. The molecule has 0 N–H and O–H groups in total. The third kappa shape index (κ3) is 2.22. The quantitative estimate of drug-likeness (QED) is 0.654. The second-order valence-corrected chi connectivity index (χ2v) is 4.77. The first kappa shape index (κ1) is 12.2. The zero-order valence-electron chi connectivity index (χ0n) is 11.2. The van der Waals surface area contributed by atoms with Crippen LogP contribution in [0.15, 0.2) is 42.0 Å². The molecule has 90 valence electrons. The first-order valence-electron chi connectivity index (χ1n) is 6.75. The highest BCUT2D eigenvalue weighted by Crippen LogP contribution is 2.41. The molecule has 0 fully saturated rings. The van der Waals surface area contributed by atoms with E-state index in [1.807, 2.05) is 0 Å². The number of hydrogen-bond donors (Lipinski definition) is 0. The summed E-state index contributed by atoms with van der Waals surface area (Å²) in [4.78, 5) is 0. The molecule has 0 aliphatic heterocycles. The van der Waals surface area contributed by atoms with E-state index in [0.29, 0.717) is 0 Å². The van der Waals surface area contributed by atoms with Crippen LogP contribution in [0.4, 0.5) is 0 Å². The van der Waals surface area contributed by atoms with E-state index in [0.717, 1.165) is 5.92 Å². The molecule has 0 bridgehead atoms. The van der Waals surface area contributed by atoms with Crippen LogP contribution >= 0.6 is 0 Å². The van der Waals surface area contributed by atoms with Crippen LogP contribution < -0.4 is 0 Å². The van der Waals surface area contributed by atoms with Gasteiger partial charge in [-0.25, -0.2) is 0 Å². The van der Waals surface area contributed by atoms with Crippen molar-refractivity contribution in [3.63, 3.8) is 0 Å². The summed E-state index contributed by atoms with van der Waals surface area (Å²) in [7, 11) is 0. The predicted molar refractivity (Wildman–Crippen MR) is 76.1 cm³/mol. The predicted octanol–water partition coefficient (Wildman–Crippen LogP) is 5.32. The maximum absolute atomic E-state index is 2.31. The van der Waals surface area contributed by atoms with Crippen LogP contribution in [0, 0.1) is 0 Å². The van der Waals surface area contributed by atoms with Gasteiger partial charge in [0.05, 0.1) is 0 Å². The van der Waals surface area contributed by atoms with Crippen LogP contribution in [0.2, 0.25) is 0 Å². The number of rotatable bonds is 3. The van der Waals surface area contributed by atoms with Gasteiger partial charge < -0.3 is 0 Å². The van der Waals surface area contributed by atoms with Crippen molar-refractivity contribution in [3.05, 3.63) is 53.1 Å². The molecule has 0 nitrogen and oxygen atoms in total. The molecule has 1 atom stereocenters. The summed E-state index contributed by atoms with van der Waals surface area (Å²) >= 11 is 0. The Hall–Kier alpha value is -1.30. The summed E-state index contributed by atoms with van der Waals surface area (Å²) in [5.41, 5.74) is 6.09. The van der Waals surface area contributed by atoms with Crippen molar-refractivity contribution in [2.75, 3.05) is 0 Å². The Labute approximate surface area is 105 Å². The lowest BCUT2D eigenvalue weighted by Gasteiger charge is -2.28. The van der Waals surface area contributed by atoms with E-state index < -0.39 is 0 Å². The number of benzene rings is 1. The molecular formula is C17H22. The maximum atomic E-state index is 2.31. The van der Waals surface area contributed by atoms with E-state index >= 15 is 0 Å². The third-order valence-corrected chi connectivity index (χ3v) is 3.82. The Bertz CT molecular complexity index is 449. The van der Waals surface area contributed by atoms with Crippen molar-refractivity contribution in [1.82, 2.24) is 0 Å². The van der Waals surface area contributed by atoms with Crippen LogP contribution in [0.3, 0.4) is 0 Å². The molecule has 2 rings (SSSR count). The Balaban J connectivity index is 2.58. The first-order chi connectivity index (χ1) is 8.31. The van der Waals surface area contributed by atoms with Crippen LogP contribution in [-0.2, 0) is 0 Å². The van der Waals surface area contributed by atoms with Crippen molar-refractivity contribution in [2.45, 2.75) is 46.0 Å². The van der Waals surface area contributed by atoms with Gasteiger partial charge in [-0.3, -0.25) is 0 Å². The summed E-state index contributed by atoms with van der Waals surface area (Å²) in [5.74, 6) is 0.718. The maximum Gasteiger partial charge on any atom is -0.0121 e. The minimum absolute atomic E-state index is 0.718. The Morgan fingerprint density at radius 1 is 1.24 bits per heavy atom. The number of fused-ring (bicyclic) bond motifs is 1. The van der Waals surface area contributed by atoms with Gasteiger partial charge in [0.25, 0.3) is 0 Å². The highest BCUT2D eigenvalue weighted by atomic mass is 14.3. The van der Waals surface area contributed by atoms with Crippen LogP contribution in [0.25, 0.3) is 5.57 Å². The molecule has 0 radical (unpaired) electrons. The monoisotopic (exact) mass is 226 g/mol. The van der Waals surface area contributed by atoms with Gasteiger partial charge in [-0.15, -0.1) is 0 Å². The lowest BCUT2D eigenvalue weighted by atomic mass is 9.77. The van der Waals surface area contributed by atoms with Gasteiger partial charge in [0.1, 0.15) is 0 Å². The molecule has 0 aromatic heterocycles. The van der Waals surface area contributed by atoms with Crippen molar-refractivity contribution >= 4 is 5.57 Å². The van der Waals surface area contributed by atoms with E-state index in [1.165, 1.54) is 30.4 Å². The van der Waals surface area contributed by atoms with Crippen molar-refractivity contribution in [2.24, 2.45) is 0 Å². The molecule has 1 unspecified atom stereocenters. The fourth-order valence-electron chi connectivity index (χ4n) is 2.88. The van der Waals surface area contributed by atoms with Crippen molar-refractivity contribution in [1.29, 1.82) is 0 Å². The highest BCUT2D eigenvalue weighted by molar-refractivity contribution is 5.80. The Morgan fingerprint density at radius 2 is 2.00 bits per heavy atom. The third-order valence-electron chi connectivity index (χ3n) is 3.82. The molecule has 0 heteroatoms. The molecule has 0 saturated heterocycles. The zero-order chi connectivity index (χ0) is 12.3. The Kier molecular flexibility index (Phi) is 3.83. The molecule has 17 heavy (non-hydrogen) atoms. The summed E-state index contributed by atoms with van der Waals surface area (Å²) in [6, 6.07) is 8.92. The lowest BCUT2D eigenvalue weighted by Crippen LogP contribution is -2.09. The van der Waals surface area contributed by atoms with Gasteiger partial charge in [-0.2, -0.15) is 0 Å². The summed E-state index contributed by atoms with van der Waals surface area (Å²) in [6.45, 7) is 6.68. The first-order valence-corrected chi connectivity index (χ1v) is 6.75. The Morgan fingerprint density at radius 3 is 2.65 bits per heavy atom. The van der Waals surface area contributed by atoms with Gasteiger partial charge in [-0.05, 0) is 48.8 Å². The molecule has 0 saturated carbocycles. The van der Waals surface area contributed by atoms with E-state index in [-0.39, 0.29) is 0 Å². The minimum atomic E-state index is 0.718. The standard InChI is InChI=1S/C17H22/c1-4-9-15-13(5-2)12-14(6-3)16-10-7-8-11-17(15)16/h4,7-11,14H,5-6,12H2,1-3H3/b9-4-. The van der Waals surface area contributed by atoms with Crippen LogP contribution in [0.5, 0.6) is 0 Å². The average Bonchev–Trinajstić information content (AvgIpc) is 2.39. The van der Waals surface area contributed by atoms with Gasteiger partial charge in [0.15, 0.2) is 0 Å². The second kappa shape index (κ2) is 5.35. The molecule has 1 aliphatic carbocycles. The van der Waals surface area contributed by atoms with Gasteiger partial charge in [0.2, 0.25) is 0 Å². The highest BCUT2D eigenvalue weighted by Gasteiger charge is 2.22. The smallest absolute Gasteiger partial charge is 0.0121 e. The summed E-state index contributed by atoms with van der Waals surface area (Å²) in [6.07, 6.45) is 8.09. The topological polar surface area (TPSA) is 0 Å². The lowest BCUT2D eigenvalue weighted by molar-refractivity contribution is 0.636. The van der Waals surface area contributed by atoms with Gasteiger partial charge in [0, 0.05) is 0 Å². The second-order valence-electron chi connectivity index (χ2n) is 4.77. The normalized spacial score (nSPS) is 19.8. The van der Waals surface area contributed by atoms with Crippen LogP contribution in [-0.4, -0.2) is 0 Å². The molecule has 0 amide bonds. The molecular weight excluding hydrogens is 204 g/mol. The van der Waals surface area contributed by atoms with Crippen molar-refractivity contribution < 1.29 is 0 Å². The molecule has 1 aromatic carbocycles. The van der Waals surface area contributed by atoms with E-state index in [1.54, 1.807) is 11.1 Å². The molecule has 1 aromatic rings. The van der Waals surface area contributed by atoms with Crippen LogP contribution in [0.1, 0.15) is 57.1 Å². The van der Waals surface area contributed by atoms with E-state index in [9.17, 15) is 0 Å². The van der Waals surface area contributed by atoms with E-state index in [4.69, 9.17) is 0 Å². The minimum Gasteiger partial charge on any atom is -0.0870 e. The summed E-state index contributed by atoms with van der Waals surface area (Å²) in [5, 5.41) is 0. The fraction of sp³-hybridized carbons (Fsp3) is 0.412. The zero-order valence-corrected chi connectivity index (χ0v) is 11.2. The molecule has 0 heterocycles. The fourth-order valence-corrected chi connectivity index (χ4v) is 2.88. The molecule has 1 aliphatic rings. The van der Waals surface area contributed by atoms with Gasteiger partial charge in [-0.1, -0.05) is 55.8 Å². The van der Waals surface area contributed by atoms with Gasteiger partial charge >= 0.3 is 0 Å². The SMILES string of the molecule is C/C=C\C1=C(CC)CC(CC)c2ccccc21.